The lowest BCUT2D eigenvalue weighted by atomic mass is 10.1. The van der Waals surface area contributed by atoms with Gasteiger partial charge in [0.05, 0.1) is 35.1 Å². The second-order valence-corrected chi connectivity index (χ2v) is 4.21. The average Bonchev–Trinajstić information content (AvgIpc) is 2.86. The van der Waals surface area contributed by atoms with Gasteiger partial charge in [-0.05, 0) is 6.42 Å². The first kappa shape index (κ1) is 10.1. The monoisotopic (exact) mass is 231 g/mol. The van der Waals surface area contributed by atoms with Gasteiger partial charge in [0.15, 0.2) is 5.65 Å². The number of carbonyl (C=O) groups is 1. The summed E-state index contributed by atoms with van der Waals surface area (Å²) < 4.78 is 0. The van der Waals surface area contributed by atoms with E-state index < -0.39 is 0 Å². The van der Waals surface area contributed by atoms with E-state index >= 15 is 0 Å². The average molecular weight is 231 g/mol. The zero-order chi connectivity index (χ0) is 12.0. The first-order valence-corrected chi connectivity index (χ1v) is 5.63. The summed E-state index contributed by atoms with van der Waals surface area (Å²) in [4.78, 5) is 18.3. The molecular weight excluding hydrogens is 218 g/mol. The van der Waals surface area contributed by atoms with Gasteiger partial charge in [-0.2, -0.15) is 5.10 Å². The van der Waals surface area contributed by atoms with E-state index in [-0.39, 0.29) is 5.91 Å². The van der Waals surface area contributed by atoms with Crippen molar-refractivity contribution in [2.24, 2.45) is 0 Å². The molecule has 0 fully saturated rings. The van der Waals surface area contributed by atoms with Gasteiger partial charge in [0.1, 0.15) is 0 Å². The van der Waals surface area contributed by atoms with Gasteiger partial charge in [-0.1, -0.05) is 6.92 Å². The lowest BCUT2D eigenvalue weighted by Gasteiger charge is -2.13. The largest absolute Gasteiger partial charge is 0.397 e. The highest BCUT2D eigenvalue weighted by molar-refractivity contribution is 6.08. The van der Waals surface area contributed by atoms with Crippen LogP contribution in [0.5, 0.6) is 0 Å². The van der Waals surface area contributed by atoms with E-state index in [0.717, 1.165) is 24.0 Å². The molecule has 0 spiro atoms. The summed E-state index contributed by atoms with van der Waals surface area (Å²) in [5.41, 5.74) is 8.45. The smallest absolute Gasteiger partial charge is 0.258 e. The van der Waals surface area contributed by atoms with Crippen LogP contribution in [0.1, 0.15) is 29.4 Å². The Hall–Kier alpha value is -2.11. The Kier molecular flexibility index (Phi) is 2.04. The summed E-state index contributed by atoms with van der Waals surface area (Å²) in [6.07, 6.45) is 2.53. The van der Waals surface area contributed by atoms with Gasteiger partial charge < -0.3 is 10.6 Å². The fourth-order valence-corrected chi connectivity index (χ4v) is 2.26. The number of nitrogen functional groups attached to an aromatic ring is 1. The number of hydrogen-bond acceptors (Lipinski definition) is 4. The van der Waals surface area contributed by atoms with E-state index in [0.29, 0.717) is 23.4 Å². The predicted octanol–water partition coefficient (Wildman–Crippen LogP) is 0.906. The van der Waals surface area contributed by atoms with Gasteiger partial charge in [-0.15, -0.1) is 0 Å². The van der Waals surface area contributed by atoms with Crippen LogP contribution in [0.25, 0.3) is 11.0 Å². The molecular formula is C11H13N5O. The highest BCUT2D eigenvalue weighted by Gasteiger charge is 2.31. The minimum atomic E-state index is -0.0186. The molecule has 3 N–H and O–H groups in total. The molecule has 0 unspecified atom stereocenters. The van der Waals surface area contributed by atoms with Gasteiger partial charge in [0, 0.05) is 6.54 Å². The lowest BCUT2D eigenvalue weighted by Crippen LogP contribution is -2.24. The summed E-state index contributed by atoms with van der Waals surface area (Å²) in [6.45, 7) is 3.32. The van der Waals surface area contributed by atoms with E-state index in [9.17, 15) is 4.79 Å². The molecule has 0 aliphatic carbocycles. The van der Waals surface area contributed by atoms with Crippen molar-refractivity contribution in [3.05, 3.63) is 17.5 Å². The Bertz CT molecular complexity index is 603. The number of aromatic amines is 1. The van der Waals surface area contributed by atoms with Crippen LogP contribution < -0.4 is 5.73 Å². The number of amides is 1. The molecule has 0 atom stereocenters. The molecule has 1 aliphatic rings. The maximum Gasteiger partial charge on any atom is 0.258 e. The van der Waals surface area contributed by atoms with Crippen molar-refractivity contribution in [1.82, 2.24) is 20.1 Å². The molecule has 17 heavy (non-hydrogen) atoms. The van der Waals surface area contributed by atoms with Crippen molar-refractivity contribution < 1.29 is 4.79 Å². The van der Waals surface area contributed by atoms with Crippen molar-refractivity contribution >= 4 is 22.6 Å². The van der Waals surface area contributed by atoms with Crippen molar-refractivity contribution in [3.8, 4) is 0 Å². The first-order chi connectivity index (χ1) is 8.22. The number of nitrogens with zero attached hydrogens (tertiary/aromatic N) is 3. The highest BCUT2D eigenvalue weighted by atomic mass is 16.2. The molecule has 6 heteroatoms. The summed E-state index contributed by atoms with van der Waals surface area (Å²) in [6, 6.07) is 0. The number of carbonyl (C=O) groups excluding carboxylic acids is 1. The molecule has 0 bridgehead atoms. The number of nitrogens with one attached hydrogen (secondary N) is 1. The van der Waals surface area contributed by atoms with Crippen LogP contribution in [-0.2, 0) is 6.54 Å². The minimum Gasteiger partial charge on any atom is -0.397 e. The highest BCUT2D eigenvalue weighted by Crippen LogP contribution is 2.31. The molecule has 0 saturated carbocycles. The molecule has 3 heterocycles. The molecule has 0 aromatic carbocycles. The van der Waals surface area contributed by atoms with Crippen molar-refractivity contribution in [3.63, 3.8) is 0 Å². The van der Waals surface area contributed by atoms with Crippen LogP contribution in [-0.4, -0.2) is 32.5 Å². The van der Waals surface area contributed by atoms with Gasteiger partial charge in [-0.25, -0.2) is 4.98 Å². The lowest BCUT2D eigenvalue weighted by molar-refractivity contribution is 0.0779. The van der Waals surface area contributed by atoms with E-state index in [2.05, 4.69) is 15.2 Å². The number of fused-ring (bicyclic) bond motifs is 2. The predicted molar refractivity (Wildman–Crippen MR) is 63.3 cm³/mol. The Labute approximate surface area is 97.8 Å². The first-order valence-electron chi connectivity index (χ1n) is 5.63. The quantitative estimate of drug-likeness (QED) is 0.804. The Morgan fingerprint density at radius 1 is 1.59 bits per heavy atom. The third-order valence-corrected chi connectivity index (χ3v) is 3.05. The van der Waals surface area contributed by atoms with Crippen molar-refractivity contribution in [2.75, 3.05) is 12.3 Å². The number of hydrogen-bond donors (Lipinski definition) is 2. The molecule has 1 amide bonds. The normalized spacial score (nSPS) is 14.6. The molecule has 0 saturated heterocycles. The summed E-state index contributed by atoms with van der Waals surface area (Å²) in [5.74, 6) is -0.0186. The van der Waals surface area contributed by atoms with Gasteiger partial charge in [0.2, 0.25) is 0 Å². The third kappa shape index (κ3) is 1.30. The molecule has 3 rings (SSSR count). The maximum atomic E-state index is 12.1. The summed E-state index contributed by atoms with van der Waals surface area (Å²) >= 11 is 0. The van der Waals surface area contributed by atoms with Gasteiger partial charge in [-0.3, -0.25) is 9.89 Å². The van der Waals surface area contributed by atoms with Crippen LogP contribution in [0.3, 0.4) is 0 Å². The van der Waals surface area contributed by atoms with E-state index in [1.807, 2.05) is 6.92 Å². The molecule has 1 aliphatic heterocycles. The van der Waals surface area contributed by atoms with Crippen LogP contribution in [0.4, 0.5) is 5.69 Å². The van der Waals surface area contributed by atoms with Crippen LogP contribution in [0, 0.1) is 0 Å². The molecule has 6 nitrogen and oxygen atoms in total. The number of pyridine rings is 1. The van der Waals surface area contributed by atoms with Crippen molar-refractivity contribution in [2.45, 2.75) is 19.9 Å². The fourth-order valence-electron chi connectivity index (χ4n) is 2.26. The van der Waals surface area contributed by atoms with Crippen LogP contribution in [0.2, 0.25) is 0 Å². The maximum absolute atomic E-state index is 12.1. The van der Waals surface area contributed by atoms with E-state index in [4.69, 9.17) is 5.73 Å². The number of nitrogens with two attached hydrogens (primary N) is 1. The van der Waals surface area contributed by atoms with Gasteiger partial charge in [0.25, 0.3) is 5.91 Å². The Morgan fingerprint density at radius 3 is 3.18 bits per heavy atom. The second-order valence-electron chi connectivity index (χ2n) is 4.21. The zero-order valence-corrected chi connectivity index (χ0v) is 9.53. The van der Waals surface area contributed by atoms with Crippen LogP contribution in [0.15, 0.2) is 6.20 Å². The number of anilines is 1. The number of aromatic nitrogens is 3. The Morgan fingerprint density at radius 2 is 2.41 bits per heavy atom. The second kappa shape index (κ2) is 3.44. The van der Waals surface area contributed by atoms with Crippen LogP contribution >= 0.6 is 0 Å². The van der Waals surface area contributed by atoms with E-state index in [1.165, 1.54) is 0 Å². The fraction of sp³-hybridized carbons (Fsp3) is 0.364. The zero-order valence-electron chi connectivity index (χ0n) is 9.53. The SMILES string of the molecule is CCCN1Cc2nc3[nH]ncc3c(N)c2C1=O. The molecule has 2 aromatic heterocycles. The number of H-pyrrole nitrogens is 1. The third-order valence-electron chi connectivity index (χ3n) is 3.05. The standard InChI is InChI=1S/C11H13N5O/c1-2-3-16-5-7-8(11(16)17)9(12)6-4-13-15-10(6)14-7/h4H,2-3,5H2,1H3,(H3,12,13,14,15). The molecule has 0 radical (unpaired) electrons. The number of rotatable bonds is 2. The minimum absolute atomic E-state index is 0.0186. The van der Waals surface area contributed by atoms with E-state index in [1.54, 1.807) is 11.1 Å². The van der Waals surface area contributed by atoms with Crippen molar-refractivity contribution in [1.29, 1.82) is 0 Å². The van der Waals surface area contributed by atoms with Gasteiger partial charge >= 0.3 is 0 Å². The molecule has 2 aromatic rings. The summed E-state index contributed by atoms with van der Waals surface area (Å²) in [7, 11) is 0. The topological polar surface area (TPSA) is 87.9 Å². The Balaban J connectivity index is 2.17. The molecule has 88 valence electrons. The summed E-state index contributed by atoms with van der Waals surface area (Å²) in [5, 5.41) is 7.39.